The number of hydrogen-bond acceptors (Lipinski definition) is 2. The molecule has 4 nitrogen and oxygen atoms in total. The Morgan fingerprint density at radius 1 is 0.531 bits per heavy atom. The first-order chi connectivity index (χ1) is 15.4. The fourth-order valence-corrected chi connectivity index (χ4v) is 5.19. The van der Waals surface area contributed by atoms with Gasteiger partial charge in [0.25, 0.3) is 0 Å². The Hall–Kier alpha value is -3.92. The molecular formula is C28H24N2O2. The monoisotopic (exact) mass is 420 g/mol. The number of hydrogen-bond donors (Lipinski definition) is 4. The second-order valence-electron chi connectivity index (χ2n) is 8.79. The van der Waals surface area contributed by atoms with Crippen LogP contribution in [-0.2, 0) is 0 Å². The number of aryl methyl sites for hydroxylation is 2. The molecule has 158 valence electrons. The van der Waals surface area contributed by atoms with Gasteiger partial charge in [0.15, 0.2) is 0 Å². The summed E-state index contributed by atoms with van der Waals surface area (Å²) in [7, 11) is 0. The van der Waals surface area contributed by atoms with Crippen molar-refractivity contribution in [1.82, 2.24) is 9.97 Å². The molecule has 0 radical (unpaired) electrons. The Balaban J connectivity index is 1.95. The normalized spacial score (nSPS) is 12.0. The van der Waals surface area contributed by atoms with Gasteiger partial charge in [-0.3, -0.25) is 0 Å². The first kappa shape index (κ1) is 18.8. The zero-order chi connectivity index (χ0) is 22.3. The second-order valence-corrected chi connectivity index (χ2v) is 8.79. The summed E-state index contributed by atoms with van der Waals surface area (Å²) in [5.74, 6) is 0.426. The highest BCUT2D eigenvalue weighted by molar-refractivity contribution is 6.24. The van der Waals surface area contributed by atoms with E-state index >= 15 is 0 Å². The van der Waals surface area contributed by atoms with Crippen molar-refractivity contribution in [3.05, 3.63) is 70.8 Å². The van der Waals surface area contributed by atoms with Gasteiger partial charge in [-0.15, -0.1) is 0 Å². The van der Waals surface area contributed by atoms with Crippen molar-refractivity contribution in [1.29, 1.82) is 0 Å². The minimum absolute atomic E-state index is 0.213. The second kappa shape index (κ2) is 6.30. The Morgan fingerprint density at radius 3 is 1.31 bits per heavy atom. The minimum atomic E-state index is 0.213. The van der Waals surface area contributed by atoms with Crippen LogP contribution in [0.4, 0.5) is 0 Å². The highest BCUT2D eigenvalue weighted by atomic mass is 16.3. The van der Waals surface area contributed by atoms with Crippen molar-refractivity contribution < 1.29 is 10.2 Å². The Morgan fingerprint density at radius 2 is 0.906 bits per heavy atom. The summed E-state index contributed by atoms with van der Waals surface area (Å²) in [6, 6.07) is 16.3. The van der Waals surface area contributed by atoms with Crippen molar-refractivity contribution in [2.24, 2.45) is 0 Å². The highest BCUT2D eigenvalue weighted by Crippen LogP contribution is 2.52. The van der Waals surface area contributed by atoms with Gasteiger partial charge >= 0.3 is 0 Å². The van der Waals surface area contributed by atoms with Crippen LogP contribution in [-0.4, -0.2) is 20.2 Å². The maximum atomic E-state index is 11.5. The van der Waals surface area contributed by atoms with E-state index in [2.05, 4.69) is 22.1 Å². The van der Waals surface area contributed by atoms with E-state index in [1.54, 1.807) is 0 Å². The molecule has 0 aliphatic heterocycles. The lowest BCUT2D eigenvalue weighted by Gasteiger charge is -2.18. The minimum Gasteiger partial charge on any atom is -0.507 e. The maximum absolute atomic E-state index is 11.5. The summed E-state index contributed by atoms with van der Waals surface area (Å²) in [4.78, 5) is 7.10. The Kier molecular flexibility index (Phi) is 3.70. The van der Waals surface area contributed by atoms with Crippen LogP contribution >= 0.6 is 0 Å². The molecule has 0 bridgehead atoms. The third-order valence-corrected chi connectivity index (χ3v) is 7.22. The van der Waals surface area contributed by atoms with E-state index in [-0.39, 0.29) is 11.5 Å². The van der Waals surface area contributed by atoms with E-state index in [0.717, 1.165) is 65.9 Å². The van der Waals surface area contributed by atoms with Gasteiger partial charge in [0.2, 0.25) is 0 Å². The molecule has 0 spiro atoms. The Labute approximate surface area is 185 Å². The van der Waals surface area contributed by atoms with Crippen LogP contribution in [0.15, 0.2) is 48.5 Å². The summed E-state index contributed by atoms with van der Waals surface area (Å²) >= 11 is 0. The van der Waals surface area contributed by atoms with Gasteiger partial charge in [0.1, 0.15) is 11.5 Å². The maximum Gasteiger partial charge on any atom is 0.127 e. The number of rotatable bonds is 1. The van der Waals surface area contributed by atoms with Crippen LogP contribution in [0.25, 0.3) is 54.7 Å². The first-order valence-electron chi connectivity index (χ1n) is 10.9. The molecule has 0 saturated heterocycles. The molecule has 4 N–H and O–H groups in total. The molecule has 0 aliphatic carbocycles. The van der Waals surface area contributed by atoms with Gasteiger partial charge < -0.3 is 20.2 Å². The molecule has 0 saturated carbocycles. The van der Waals surface area contributed by atoms with Crippen LogP contribution in [0.1, 0.15) is 22.3 Å². The van der Waals surface area contributed by atoms with Gasteiger partial charge in [-0.25, -0.2) is 0 Å². The van der Waals surface area contributed by atoms with Gasteiger partial charge in [-0.2, -0.15) is 0 Å². The largest absolute Gasteiger partial charge is 0.507 e. The number of aromatic amines is 2. The topological polar surface area (TPSA) is 72.0 Å². The quantitative estimate of drug-likeness (QED) is 0.226. The average molecular weight is 421 g/mol. The number of H-pyrrole nitrogens is 2. The smallest absolute Gasteiger partial charge is 0.127 e. The average Bonchev–Trinajstić information content (AvgIpc) is 3.37. The number of phenols is 2. The Bertz CT molecular complexity index is 1600. The van der Waals surface area contributed by atoms with Crippen molar-refractivity contribution in [3.8, 4) is 22.6 Å². The number of aromatic nitrogens is 2. The summed E-state index contributed by atoms with van der Waals surface area (Å²) in [5, 5.41) is 27.0. The molecule has 2 aromatic heterocycles. The predicted molar refractivity (Wildman–Crippen MR) is 133 cm³/mol. The van der Waals surface area contributed by atoms with E-state index in [9.17, 15) is 10.2 Å². The van der Waals surface area contributed by atoms with Crippen LogP contribution in [0, 0.1) is 27.7 Å². The molecule has 4 heteroatoms. The molecule has 0 aliphatic rings. The van der Waals surface area contributed by atoms with Crippen molar-refractivity contribution >= 4 is 43.6 Å². The lowest BCUT2D eigenvalue weighted by atomic mass is 9.87. The predicted octanol–water partition coefficient (Wildman–Crippen LogP) is 7.27. The molecule has 0 atom stereocenters. The van der Waals surface area contributed by atoms with E-state index in [1.165, 1.54) is 0 Å². The molecular weight excluding hydrogens is 396 g/mol. The van der Waals surface area contributed by atoms with Crippen LogP contribution < -0.4 is 0 Å². The molecule has 2 heterocycles. The first-order valence-corrected chi connectivity index (χ1v) is 10.9. The molecule has 4 aromatic carbocycles. The summed E-state index contributed by atoms with van der Waals surface area (Å²) in [6.07, 6.45) is 0. The molecule has 0 unspecified atom stereocenters. The third-order valence-electron chi connectivity index (χ3n) is 7.22. The standard InChI is InChI=1S/C28H24N2O2/c1-13-15(3)27(31)23(21-17-9-5-7-11-19(17)29-25(13)21)24-22-18-10-6-8-12-20(18)30-26(22)14(2)16(4)28(24)32/h5-12,29-32H,1-4H3. The van der Waals surface area contributed by atoms with E-state index in [1.807, 2.05) is 64.1 Å². The van der Waals surface area contributed by atoms with Crippen LogP contribution in [0.3, 0.4) is 0 Å². The number of benzene rings is 4. The van der Waals surface area contributed by atoms with E-state index in [4.69, 9.17) is 0 Å². The molecule has 6 rings (SSSR count). The summed E-state index contributed by atoms with van der Waals surface area (Å²) in [5.41, 5.74) is 8.99. The van der Waals surface area contributed by atoms with Gasteiger partial charge in [0, 0.05) is 43.7 Å². The SMILES string of the molecule is Cc1c(O)c(-c2c(O)c(C)c(C)c3[nH]c4ccccc4c23)c2c([nH]c3ccccc32)c1C. The summed E-state index contributed by atoms with van der Waals surface area (Å²) < 4.78 is 0. The highest BCUT2D eigenvalue weighted by Gasteiger charge is 2.26. The number of para-hydroxylation sites is 2. The van der Waals surface area contributed by atoms with Gasteiger partial charge in [-0.1, -0.05) is 36.4 Å². The van der Waals surface area contributed by atoms with Crippen LogP contribution in [0.5, 0.6) is 11.5 Å². The van der Waals surface area contributed by atoms with E-state index < -0.39 is 0 Å². The molecule has 6 aromatic rings. The zero-order valence-corrected chi connectivity index (χ0v) is 18.5. The van der Waals surface area contributed by atoms with Crippen LogP contribution in [0.2, 0.25) is 0 Å². The fourth-order valence-electron chi connectivity index (χ4n) is 5.19. The van der Waals surface area contributed by atoms with Crippen molar-refractivity contribution in [2.75, 3.05) is 0 Å². The fraction of sp³-hybridized carbons (Fsp3) is 0.143. The lowest BCUT2D eigenvalue weighted by Crippen LogP contribution is -1.94. The zero-order valence-electron chi connectivity index (χ0n) is 18.5. The third kappa shape index (κ3) is 2.21. The van der Waals surface area contributed by atoms with Crippen molar-refractivity contribution in [3.63, 3.8) is 0 Å². The summed E-state index contributed by atoms with van der Waals surface area (Å²) in [6.45, 7) is 7.92. The lowest BCUT2D eigenvalue weighted by molar-refractivity contribution is 0.465. The number of aromatic hydroxyl groups is 2. The molecule has 0 fully saturated rings. The number of phenolic OH excluding ortho intramolecular Hbond substituents is 2. The molecule has 0 amide bonds. The van der Waals surface area contributed by atoms with E-state index in [0.29, 0.717) is 11.1 Å². The number of fused-ring (bicyclic) bond motifs is 6. The van der Waals surface area contributed by atoms with Gasteiger partial charge in [-0.05, 0) is 62.1 Å². The number of nitrogens with one attached hydrogen (secondary N) is 2. The van der Waals surface area contributed by atoms with Gasteiger partial charge in [0.05, 0.1) is 11.0 Å². The molecule has 32 heavy (non-hydrogen) atoms. The van der Waals surface area contributed by atoms with Crippen molar-refractivity contribution in [2.45, 2.75) is 27.7 Å².